The van der Waals surface area contributed by atoms with Gasteiger partial charge in [-0.2, -0.15) is 0 Å². The minimum atomic E-state index is 0. The molecule has 3 rings (SSSR count). The Morgan fingerprint density at radius 1 is 1.08 bits per heavy atom. The van der Waals surface area contributed by atoms with Crippen molar-refractivity contribution in [3.8, 4) is 0 Å². The van der Waals surface area contributed by atoms with Crippen LogP contribution in [0.2, 0.25) is 10.0 Å². The number of nitrogens with one attached hydrogen (secondary N) is 2. The van der Waals surface area contributed by atoms with E-state index in [0.29, 0.717) is 16.5 Å². The Hall–Kier alpha value is -1.26. The number of hydrogen-bond acceptors (Lipinski definition) is 2. The lowest BCUT2D eigenvalue weighted by Crippen LogP contribution is -2.24. The van der Waals surface area contributed by atoms with E-state index in [1.807, 2.05) is 32.2 Å². The molecule has 0 spiro atoms. The molecule has 0 saturated carbocycles. The molecule has 0 aliphatic heterocycles. The minimum Gasteiger partial charge on any atom is -0.326 e. The molecule has 0 radical (unpaired) electrons. The molecule has 2 unspecified atom stereocenters. The van der Waals surface area contributed by atoms with Gasteiger partial charge in [0.25, 0.3) is 0 Å². The largest absolute Gasteiger partial charge is 0.326 e. The summed E-state index contributed by atoms with van der Waals surface area (Å²) in [6.45, 7) is 1.85. The lowest BCUT2D eigenvalue weighted by molar-refractivity contribution is -0.115. The summed E-state index contributed by atoms with van der Waals surface area (Å²) in [6, 6.07) is 12.4. The molecule has 2 atom stereocenters. The maximum Gasteiger partial charge on any atom is 0.224 e. The third-order valence-corrected chi connectivity index (χ3v) is 5.62. The van der Waals surface area contributed by atoms with Crippen LogP contribution >= 0.6 is 35.6 Å². The number of carbonyl (C=O) groups is 1. The SMILES string of the molecule is CCC(=O)Nc1ccc2c(c1)C(NC)CCC2c1ccc(Cl)c(Cl)c1.Cl. The highest BCUT2D eigenvalue weighted by Crippen LogP contribution is 2.43. The Balaban J connectivity index is 0.00000243. The summed E-state index contributed by atoms with van der Waals surface area (Å²) in [7, 11) is 1.98. The van der Waals surface area contributed by atoms with Crippen molar-refractivity contribution in [2.45, 2.75) is 38.1 Å². The molecule has 0 heterocycles. The topological polar surface area (TPSA) is 41.1 Å². The number of carbonyl (C=O) groups excluding carboxylic acids is 1. The molecular weight excluding hydrogens is 391 g/mol. The number of benzene rings is 2. The lowest BCUT2D eigenvalue weighted by Gasteiger charge is -2.32. The van der Waals surface area contributed by atoms with Crippen LogP contribution in [0.15, 0.2) is 36.4 Å². The van der Waals surface area contributed by atoms with E-state index in [4.69, 9.17) is 23.2 Å². The Kier molecular flexibility index (Phi) is 7.36. The monoisotopic (exact) mass is 412 g/mol. The summed E-state index contributed by atoms with van der Waals surface area (Å²) in [4.78, 5) is 11.7. The molecule has 3 nitrogen and oxygen atoms in total. The fraction of sp³-hybridized carbons (Fsp3) is 0.350. The molecule has 1 aliphatic rings. The van der Waals surface area contributed by atoms with Gasteiger partial charge >= 0.3 is 0 Å². The molecule has 2 aromatic carbocycles. The smallest absolute Gasteiger partial charge is 0.224 e. The van der Waals surface area contributed by atoms with E-state index in [1.165, 1.54) is 16.7 Å². The summed E-state index contributed by atoms with van der Waals surface area (Å²) in [5, 5.41) is 7.50. The van der Waals surface area contributed by atoms with Gasteiger partial charge in [0.15, 0.2) is 0 Å². The molecule has 26 heavy (non-hydrogen) atoms. The zero-order valence-electron chi connectivity index (χ0n) is 14.8. The van der Waals surface area contributed by atoms with Crippen molar-refractivity contribution >= 4 is 47.2 Å². The molecule has 6 heteroatoms. The average molecular weight is 414 g/mol. The zero-order valence-corrected chi connectivity index (χ0v) is 17.1. The third-order valence-electron chi connectivity index (χ3n) is 4.88. The van der Waals surface area contributed by atoms with Gasteiger partial charge in [0.1, 0.15) is 0 Å². The van der Waals surface area contributed by atoms with Crippen LogP contribution in [0.3, 0.4) is 0 Å². The Labute approximate surface area is 170 Å². The Bertz CT molecular complexity index is 795. The van der Waals surface area contributed by atoms with Gasteiger partial charge in [-0.3, -0.25) is 4.79 Å². The van der Waals surface area contributed by atoms with Gasteiger partial charge in [0.2, 0.25) is 5.91 Å². The number of rotatable bonds is 4. The molecule has 140 valence electrons. The standard InChI is InChI=1S/C20H22Cl2N2O.ClH/c1-3-20(25)24-13-5-6-15-14(7-9-19(23-2)16(15)11-13)12-4-8-17(21)18(22)10-12;/h4-6,8,10-11,14,19,23H,3,7,9H2,1-2H3,(H,24,25);1H. The van der Waals surface area contributed by atoms with E-state index in [2.05, 4.69) is 28.8 Å². The highest BCUT2D eigenvalue weighted by atomic mass is 35.5. The van der Waals surface area contributed by atoms with Gasteiger partial charge in [0, 0.05) is 24.1 Å². The van der Waals surface area contributed by atoms with Gasteiger partial charge in [-0.05, 0) is 60.8 Å². The fourth-order valence-corrected chi connectivity index (χ4v) is 3.85. The number of fused-ring (bicyclic) bond motifs is 1. The molecule has 2 aromatic rings. The Morgan fingerprint density at radius 3 is 2.50 bits per heavy atom. The summed E-state index contributed by atoms with van der Waals surface area (Å²) in [5.74, 6) is 0.308. The van der Waals surface area contributed by atoms with E-state index in [-0.39, 0.29) is 30.3 Å². The second-order valence-corrected chi connectivity index (χ2v) is 7.20. The van der Waals surface area contributed by atoms with Gasteiger partial charge < -0.3 is 10.6 Å². The van der Waals surface area contributed by atoms with E-state index in [0.717, 1.165) is 18.5 Å². The van der Waals surface area contributed by atoms with Crippen molar-refractivity contribution in [3.63, 3.8) is 0 Å². The summed E-state index contributed by atoms with van der Waals surface area (Å²) < 4.78 is 0. The van der Waals surface area contributed by atoms with Gasteiger partial charge in [-0.1, -0.05) is 42.3 Å². The molecule has 0 fully saturated rings. The van der Waals surface area contributed by atoms with E-state index in [9.17, 15) is 4.79 Å². The molecular formula is C20H23Cl3N2O. The van der Waals surface area contributed by atoms with Crippen LogP contribution in [-0.4, -0.2) is 13.0 Å². The van der Waals surface area contributed by atoms with Crippen LogP contribution in [-0.2, 0) is 4.79 Å². The Morgan fingerprint density at radius 2 is 1.85 bits per heavy atom. The van der Waals surface area contributed by atoms with Crippen molar-refractivity contribution in [2.75, 3.05) is 12.4 Å². The van der Waals surface area contributed by atoms with Crippen LogP contribution in [0, 0.1) is 0 Å². The van der Waals surface area contributed by atoms with Gasteiger partial charge in [0.05, 0.1) is 10.0 Å². The van der Waals surface area contributed by atoms with Crippen LogP contribution in [0.1, 0.15) is 54.8 Å². The summed E-state index contributed by atoms with van der Waals surface area (Å²) in [6.07, 6.45) is 2.54. The van der Waals surface area contributed by atoms with Crippen LogP contribution < -0.4 is 10.6 Å². The quantitative estimate of drug-likeness (QED) is 0.650. The second-order valence-electron chi connectivity index (χ2n) is 6.39. The number of hydrogen-bond donors (Lipinski definition) is 2. The average Bonchev–Trinajstić information content (AvgIpc) is 2.63. The maximum atomic E-state index is 11.7. The first-order valence-corrected chi connectivity index (χ1v) is 9.35. The highest BCUT2D eigenvalue weighted by molar-refractivity contribution is 6.42. The number of anilines is 1. The normalized spacial score (nSPS) is 18.6. The van der Waals surface area contributed by atoms with Crippen LogP contribution in [0.5, 0.6) is 0 Å². The molecule has 2 N–H and O–H groups in total. The van der Waals surface area contributed by atoms with Crippen LogP contribution in [0.25, 0.3) is 0 Å². The first-order chi connectivity index (χ1) is 12.0. The minimum absolute atomic E-state index is 0. The molecule has 0 bridgehead atoms. The van der Waals surface area contributed by atoms with Crippen molar-refractivity contribution in [1.82, 2.24) is 5.32 Å². The van der Waals surface area contributed by atoms with Crippen molar-refractivity contribution in [2.24, 2.45) is 0 Å². The van der Waals surface area contributed by atoms with E-state index >= 15 is 0 Å². The second kappa shape index (κ2) is 9.09. The summed E-state index contributed by atoms with van der Waals surface area (Å²) >= 11 is 12.3. The molecule has 1 aliphatic carbocycles. The van der Waals surface area contributed by atoms with E-state index < -0.39 is 0 Å². The molecule has 0 saturated heterocycles. The predicted molar refractivity (Wildman–Crippen MR) is 112 cm³/mol. The van der Waals surface area contributed by atoms with Crippen molar-refractivity contribution in [3.05, 3.63) is 63.1 Å². The van der Waals surface area contributed by atoms with E-state index in [1.54, 1.807) is 0 Å². The number of amides is 1. The lowest BCUT2D eigenvalue weighted by atomic mass is 9.76. The zero-order chi connectivity index (χ0) is 18.0. The molecule has 1 amide bonds. The van der Waals surface area contributed by atoms with Crippen molar-refractivity contribution < 1.29 is 4.79 Å². The fourth-order valence-electron chi connectivity index (χ4n) is 3.54. The third kappa shape index (κ3) is 4.34. The van der Waals surface area contributed by atoms with Crippen molar-refractivity contribution in [1.29, 1.82) is 0 Å². The molecule has 0 aromatic heterocycles. The van der Waals surface area contributed by atoms with Gasteiger partial charge in [-0.25, -0.2) is 0 Å². The van der Waals surface area contributed by atoms with Gasteiger partial charge in [-0.15, -0.1) is 12.4 Å². The summed E-state index contributed by atoms with van der Waals surface area (Å²) in [5.41, 5.74) is 4.54. The first kappa shape index (κ1) is 21.0. The first-order valence-electron chi connectivity index (χ1n) is 8.59. The van der Waals surface area contributed by atoms with Crippen LogP contribution in [0.4, 0.5) is 5.69 Å². The number of halogens is 3. The highest BCUT2D eigenvalue weighted by Gasteiger charge is 2.28. The maximum absolute atomic E-state index is 11.7. The predicted octanol–water partition coefficient (Wildman–Crippen LogP) is 5.95.